The highest BCUT2D eigenvalue weighted by Gasteiger charge is 2.00. The second-order valence-electron chi connectivity index (χ2n) is 3.32. The summed E-state index contributed by atoms with van der Waals surface area (Å²) in [5.74, 6) is 1.37. The van der Waals surface area contributed by atoms with Crippen molar-refractivity contribution in [2.45, 2.75) is 6.92 Å². The van der Waals surface area contributed by atoms with Crippen molar-refractivity contribution in [3.8, 4) is 0 Å². The van der Waals surface area contributed by atoms with Crippen molar-refractivity contribution in [3.05, 3.63) is 24.7 Å². The normalized spacial score (nSPS) is 10.1. The van der Waals surface area contributed by atoms with Gasteiger partial charge in [0.2, 0.25) is 5.95 Å². The van der Waals surface area contributed by atoms with Gasteiger partial charge in [0.25, 0.3) is 0 Å². The first-order valence-corrected chi connectivity index (χ1v) is 5.10. The van der Waals surface area contributed by atoms with Crippen molar-refractivity contribution in [2.24, 2.45) is 7.05 Å². The van der Waals surface area contributed by atoms with E-state index in [4.69, 9.17) is 0 Å². The monoisotopic (exact) mass is 218 g/mol. The Morgan fingerprint density at radius 2 is 2.31 bits per heavy atom. The van der Waals surface area contributed by atoms with Gasteiger partial charge in [-0.15, -0.1) is 0 Å². The molecule has 2 aromatic heterocycles. The van der Waals surface area contributed by atoms with Crippen molar-refractivity contribution in [2.75, 3.05) is 17.2 Å². The molecule has 0 amide bonds. The molecular formula is C10H14N6. The largest absolute Gasteiger partial charge is 0.354 e. The van der Waals surface area contributed by atoms with Crippen LogP contribution in [0.3, 0.4) is 0 Å². The number of aryl methyl sites for hydroxylation is 1. The molecule has 0 fully saturated rings. The number of nitrogens with one attached hydrogen (secondary N) is 2. The highest BCUT2D eigenvalue weighted by atomic mass is 15.3. The Hall–Kier alpha value is -2.11. The Morgan fingerprint density at radius 3 is 3.00 bits per heavy atom. The maximum absolute atomic E-state index is 4.30. The predicted molar refractivity (Wildman–Crippen MR) is 62.7 cm³/mol. The highest BCUT2D eigenvalue weighted by molar-refractivity contribution is 5.54. The molecule has 0 aromatic carbocycles. The fourth-order valence-electron chi connectivity index (χ4n) is 1.31. The molecule has 0 bridgehead atoms. The molecule has 84 valence electrons. The van der Waals surface area contributed by atoms with E-state index in [1.165, 1.54) is 0 Å². The van der Waals surface area contributed by atoms with E-state index in [0.717, 1.165) is 18.1 Å². The highest BCUT2D eigenvalue weighted by Crippen LogP contribution is 2.13. The topological polar surface area (TPSA) is 67.7 Å². The molecule has 0 radical (unpaired) electrons. The van der Waals surface area contributed by atoms with Crippen LogP contribution in [0, 0.1) is 0 Å². The van der Waals surface area contributed by atoms with E-state index in [1.807, 2.05) is 26.2 Å². The van der Waals surface area contributed by atoms with Gasteiger partial charge in [-0.25, -0.2) is 4.98 Å². The number of aromatic nitrogens is 4. The van der Waals surface area contributed by atoms with Crippen LogP contribution < -0.4 is 10.6 Å². The van der Waals surface area contributed by atoms with Gasteiger partial charge in [-0.2, -0.15) is 10.1 Å². The smallest absolute Gasteiger partial charge is 0.224 e. The summed E-state index contributed by atoms with van der Waals surface area (Å²) in [7, 11) is 1.87. The minimum atomic E-state index is 0.622. The number of anilines is 3. The summed E-state index contributed by atoms with van der Waals surface area (Å²) >= 11 is 0. The minimum Gasteiger partial charge on any atom is -0.354 e. The molecule has 2 heterocycles. The van der Waals surface area contributed by atoms with Crippen LogP contribution in [-0.4, -0.2) is 26.3 Å². The molecule has 2 N–H and O–H groups in total. The van der Waals surface area contributed by atoms with Crippen LogP contribution in [-0.2, 0) is 7.05 Å². The third-order valence-electron chi connectivity index (χ3n) is 1.97. The van der Waals surface area contributed by atoms with Crippen LogP contribution in [0.25, 0.3) is 0 Å². The van der Waals surface area contributed by atoms with Gasteiger partial charge in [0.05, 0.1) is 11.9 Å². The standard InChI is InChI=1S/C10H14N6/c1-3-11-10-12-5-4-9(15-10)14-8-6-13-16(2)7-8/h4-7H,3H2,1-2H3,(H2,11,12,14,15). The fourth-order valence-corrected chi connectivity index (χ4v) is 1.31. The lowest BCUT2D eigenvalue weighted by Gasteiger charge is -2.04. The van der Waals surface area contributed by atoms with Crippen LogP contribution >= 0.6 is 0 Å². The fraction of sp³-hybridized carbons (Fsp3) is 0.300. The van der Waals surface area contributed by atoms with Crippen LogP contribution in [0.5, 0.6) is 0 Å². The maximum Gasteiger partial charge on any atom is 0.224 e. The molecular weight excluding hydrogens is 204 g/mol. The molecule has 0 saturated carbocycles. The summed E-state index contributed by atoms with van der Waals surface area (Å²) < 4.78 is 1.73. The van der Waals surface area contributed by atoms with E-state index in [0.29, 0.717) is 5.95 Å². The van der Waals surface area contributed by atoms with Gasteiger partial charge in [0, 0.05) is 26.0 Å². The molecule has 0 atom stereocenters. The van der Waals surface area contributed by atoms with Gasteiger partial charge in [0.15, 0.2) is 0 Å². The van der Waals surface area contributed by atoms with Crippen molar-refractivity contribution < 1.29 is 0 Å². The lowest BCUT2D eigenvalue weighted by Crippen LogP contribution is -2.03. The molecule has 0 aliphatic rings. The Bertz CT molecular complexity index is 464. The lowest BCUT2D eigenvalue weighted by atomic mass is 10.5. The summed E-state index contributed by atoms with van der Waals surface area (Å²) in [6.45, 7) is 2.81. The molecule has 16 heavy (non-hydrogen) atoms. The second-order valence-corrected chi connectivity index (χ2v) is 3.32. The van der Waals surface area contributed by atoms with Crippen LogP contribution in [0.4, 0.5) is 17.5 Å². The first kappa shape index (κ1) is 10.4. The van der Waals surface area contributed by atoms with Crippen molar-refractivity contribution >= 4 is 17.5 Å². The summed E-state index contributed by atoms with van der Waals surface area (Å²) in [5.41, 5.74) is 0.906. The molecule has 0 unspecified atom stereocenters. The zero-order valence-electron chi connectivity index (χ0n) is 9.31. The lowest BCUT2D eigenvalue weighted by molar-refractivity contribution is 0.768. The van der Waals surface area contributed by atoms with Crippen LogP contribution in [0.1, 0.15) is 6.92 Å². The van der Waals surface area contributed by atoms with Crippen molar-refractivity contribution in [1.29, 1.82) is 0 Å². The SMILES string of the molecule is CCNc1nccc(Nc2cnn(C)c2)n1. The molecule has 0 aliphatic carbocycles. The minimum absolute atomic E-state index is 0.622. The molecule has 2 aromatic rings. The number of hydrogen-bond acceptors (Lipinski definition) is 5. The average Bonchev–Trinajstić information content (AvgIpc) is 2.65. The maximum atomic E-state index is 4.30. The van der Waals surface area contributed by atoms with Gasteiger partial charge in [-0.05, 0) is 13.0 Å². The van der Waals surface area contributed by atoms with Crippen LogP contribution in [0.2, 0.25) is 0 Å². The summed E-state index contributed by atoms with van der Waals surface area (Å²) in [5, 5.41) is 10.3. The van der Waals surface area contributed by atoms with Gasteiger partial charge >= 0.3 is 0 Å². The van der Waals surface area contributed by atoms with Crippen molar-refractivity contribution in [3.63, 3.8) is 0 Å². The van der Waals surface area contributed by atoms with E-state index < -0.39 is 0 Å². The molecule has 6 nitrogen and oxygen atoms in total. The number of rotatable bonds is 4. The summed E-state index contributed by atoms with van der Waals surface area (Å²) in [6, 6.07) is 1.81. The quantitative estimate of drug-likeness (QED) is 0.811. The summed E-state index contributed by atoms with van der Waals surface area (Å²) in [6.07, 6.45) is 5.34. The van der Waals surface area contributed by atoms with Gasteiger partial charge < -0.3 is 10.6 Å². The molecule has 6 heteroatoms. The van der Waals surface area contributed by atoms with E-state index in [2.05, 4.69) is 25.7 Å². The first-order chi connectivity index (χ1) is 7.78. The Labute approximate surface area is 93.7 Å². The third-order valence-corrected chi connectivity index (χ3v) is 1.97. The molecule has 0 spiro atoms. The number of nitrogens with zero attached hydrogens (tertiary/aromatic N) is 4. The molecule has 0 aliphatic heterocycles. The molecule has 2 rings (SSSR count). The van der Waals surface area contributed by atoms with Crippen LogP contribution in [0.15, 0.2) is 24.7 Å². The molecule has 0 saturated heterocycles. The number of hydrogen-bond donors (Lipinski definition) is 2. The predicted octanol–water partition coefficient (Wildman–Crippen LogP) is 1.39. The zero-order valence-corrected chi connectivity index (χ0v) is 9.31. The van der Waals surface area contributed by atoms with Gasteiger partial charge in [-0.3, -0.25) is 4.68 Å². The van der Waals surface area contributed by atoms with Crippen molar-refractivity contribution in [1.82, 2.24) is 19.7 Å². The van der Waals surface area contributed by atoms with E-state index in [1.54, 1.807) is 17.1 Å². The second kappa shape index (κ2) is 4.61. The average molecular weight is 218 g/mol. The van der Waals surface area contributed by atoms with Gasteiger partial charge in [0.1, 0.15) is 5.82 Å². The third kappa shape index (κ3) is 2.47. The Morgan fingerprint density at radius 1 is 1.44 bits per heavy atom. The Balaban J connectivity index is 2.12. The van der Waals surface area contributed by atoms with E-state index in [9.17, 15) is 0 Å². The van der Waals surface area contributed by atoms with Gasteiger partial charge in [-0.1, -0.05) is 0 Å². The first-order valence-electron chi connectivity index (χ1n) is 5.10. The Kier molecular flexibility index (Phi) is 3.00. The summed E-state index contributed by atoms with van der Waals surface area (Å²) in [4.78, 5) is 8.39. The van der Waals surface area contributed by atoms with E-state index >= 15 is 0 Å². The zero-order chi connectivity index (χ0) is 11.4. The van der Waals surface area contributed by atoms with E-state index in [-0.39, 0.29) is 0 Å².